The van der Waals surface area contributed by atoms with Gasteiger partial charge in [-0.1, -0.05) is 59.8 Å². The van der Waals surface area contributed by atoms with E-state index in [1.165, 1.54) is 11.8 Å². The van der Waals surface area contributed by atoms with E-state index >= 15 is 0 Å². The Morgan fingerprint density at radius 2 is 1.88 bits per heavy atom. The summed E-state index contributed by atoms with van der Waals surface area (Å²) < 4.78 is 1.83. The molecular weight excluding hydrogens is 346 g/mol. The fraction of sp³-hybridized carbons (Fsp3) is 0.263. The molecule has 0 spiro atoms. The normalized spacial score (nSPS) is 14.8. The van der Waals surface area contributed by atoms with Gasteiger partial charge in [0.15, 0.2) is 0 Å². The molecule has 7 heteroatoms. The lowest BCUT2D eigenvalue weighted by Gasteiger charge is -2.16. The molecule has 1 aliphatic carbocycles. The molecule has 0 saturated heterocycles. The topological polar surface area (TPSA) is 72.7 Å². The van der Waals surface area contributed by atoms with Crippen molar-refractivity contribution in [2.75, 3.05) is 5.32 Å². The summed E-state index contributed by atoms with van der Waals surface area (Å²) in [5.74, 6) is -0.0876. The molecule has 6 nitrogen and oxygen atoms in total. The molecule has 1 atom stereocenters. The van der Waals surface area contributed by atoms with E-state index in [1.54, 1.807) is 0 Å². The summed E-state index contributed by atoms with van der Waals surface area (Å²) in [6, 6.07) is 17.9. The summed E-state index contributed by atoms with van der Waals surface area (Å²) in [6.45, 7) is 2.02. The number of nitrogens with one attached hydrogen (secondary N) is 1. The minimum absolute atomic E-state index is 0.0876. The minimum Gasteiger partial charge on any atom is -0.325 e. The first-order valence-corrected chi connectivity index (χ1v) is 9.45. The Kier molecular flexibility index (Phi) is 4.71. The summed E-state index contributed by atoms with van der Waals surface area (Å²) in [7, 11) is 0. The Balaban J connectivity index is 1.59. The van der Waals surface area contributed by atoms with Crippen molar-refractivity contribution in [3.8, 4) is 0 Å². The van der Waals surface area contributed by atoms with Crippen LogP contribution < -0.4 is 5.32 Å². The highest BCUT2D eigenvalue weighted by Gasteiger charge is 2.31. The number of amides is 1. The number of hydrogen-bond acceptors (Lipinski definition) is 5. The summed E-state index contributed by atoms with van der Waals surface area (Å²) in [5.41, 5.74) is 2.86. The van der Waals surface area contributed by atoms with Crippen molar-refractivity contribution in [3.05, 3.63) is 65.7 Å². The smallest absolute Gasteiger partial charge is 0.242 e. The number of hydrogen-bond donors (Lipinski definition) is 1. The fourth-order valence-corrected chi connectivity index (χ4v) is 3.71. The van der Waals surface area contributed by atoms with Crippen LogP contribution in [0.25, 0.3) is 0 Å². The lowest BCUT2D eigenvalue weighted by atomic mass is 10.1. The van der Waals surface area contributed by atoms with Crippen LogP contribution in [-0.2, 0) is 4.79 Å². The van der Waals surface area contributed by atoms with Crippen molar-refractivity contribution in [1.82, 2.24) is 20.2 Å². The Labute approximate surface area is 156 Å². The molecule has 4 rings (SSSR count). The quantitative estimate of drug-likeness (QED) is 0.673. The fourth-order valence-electron chi connectivity index (χ4n) is 2.66. The van der Waals surface area contributed by atoms with Gasteiger partial charge >= 0.3 is 0 Å². The summed E-state index contributed by atoms with van der Waals surface area (Å²) in [4.78, 5) is 13.0. The molecule has 1 N–H and O–H groups in total. The van der Waals surface area contributed by atoms with Crippen LogP contribution >= 0.6 is 11.8 Å². The molecule has 3 aromatic rings. The average molecular weight is 365 g/mol. The SMILES string of the molecule is Cc1ccc(NC(=O)C(Sc2nnnn2C2CC2)c2ccccc2)cc1. The van der Waals surface area contributed by atoms with Crippen molar-refractivity contribution in [1.29, 1.82) is 0 Å². The molecule has 0 aliphatic heterocycles. The zero-order valence-electron chi connectivity index (χ0n) is 14.4. The van der Waals surface area contributed by atoms with Gasteiger partial charge < -0.3 is 5.32 Å². The first kappa shape index (κ1) is 16.8. The molecule has 26 heavy (non-hydrogen) atoms. The van der Waals surface area contributed by atoms with E-state index in [1.807, 2.05) is 66.2 Å². The predicted molar refractivity (Wildman–Crippen MR) is 101 cm³/mol. The Morgan fingerprint density at radius 1 is 1.15 bits per heavy atom. The van der Waals surface area contributed by atoms with Crippen LogP contribution in [0.4, 0.5) is 5.69 Å². The first-order chi connectivity index (χ1) is 12.7. The Hall–Kier alpha value is -2.67. The van der Waals surface area contributed by atoms with Gasteiger partial charge in [0.2, 0.25) is 11.1 Å². The molecule has 1 aromatic heterocycles. The number of benzene rings is 2. The van der Waals surface area contributed by atoms with Gasteiger partial charge in [0.05, 0.1) is 6.04 Å². The second kappa shape index (κ2) is 7.29. The van der Waals surface area contributed by atoms with Gasteiger partial charge in [-0.2, -0.15) is 0 Å². The third kappa shape index (κ3) is 3.77. The second-order valence-electron chi connectivity index (χ2n) is 6.40. The monoisotopic (exact) mass is 365 g/mol. The highest BCUT2D eigenvalue weighted by molar-refractivity contribution is 8.00. The van der Waals surface area contributed by atoms with Gasteiger partial charge in [0.25, 0.3) is 0 Å². The van der Waals surface area contributed by atoms with Gasteiger partial charge in [0, 0.05) is 5.69 Å². The van der Waals surface area contributed by atoms with Gasteiger partial charge in [-0.15, -0.1) is 5.10 Å². The molecule has 132 valence electrons. The number of aryl methyl sites for hydroxylation is 1. The molecule has 1 amide bonds. The van der Waals surface area contributed by atoms with Gasteiger partial charge in [-0.3, -0.25) is 4.79 Å². The van der Waals surface area contributed by atoms with E-state index < -0.39 is 5.25 Å². The zero-order valence-corrected chi connectivity index (χ0v) is 15.2. The van der Waals surface area contributed by atoms with Crippen molar-refractivity contribution in [2.45, 2.75) is 36.2 Å². The molecule has 1 unspecified atom stereocenters. The highest BCUT2D eigenvalue weighted by Crippen LogP contribution is 2.40. The van der Waals surface area contributed by atoms with Crippen molar-refractivity contribution >= 4 is 23.4 Å². The number of rotatable bonds is 6. The zero-order chi connectivity index (χ0) is 17.9. The Morgan fingerprint density at radius 3 is 2.58 bits per heavy atom. The van der Waals surface area contributed by atoms with Crippen molar-refractivity contribution in [3.63, 3.8) is 0 Å². The second-order valence-corrected chi connectivity index (χ2v) is 7.47. The third-order valence-electron chi connectivity index (χ3n) is 4.24. The van der Waals surface area contributed by atoms with E-state index in [9.17, 15) is 4.79 Å². The molecule has 2 aromatic carbocycles. The lowest BCUT2D eigenvalue weighted by Crippen LogP contribution is -2.19. The van der Waals surface area contributed by atoms with Crippen LogP contribution in [0.5, 0.6) is 0 Å². The van der Waals surface area contributed by atoms with Crippen LogP contribution in [0, 0.1) is 6.92 Å². The van der Waals surface area contributed by atoms with Crippen LogP contribution in [0.15, 0.2) is 59.8 Å². The van der Waals surface area contributed by atoms with E-state index in [0.717, 1.165) is 29.7 Å². The first-order valence-electron chi connectivity index (χ1n) is 8.58. The van der Waals surface area contributed by atoms with E-state index in [-0.39, 0.29) is 5.91 Å². The maximum absolute atomic E-state index is 13.0. The lowest BCUT2D eigenvalue weighted by molar-refractivity contribution is -0.115. The van der Waals surface area contributed by atoms with Crippen molar-refractivity contribution < 1.29 is 4.79 Å². The molecule has 1 heterocycles. The number of tetrazole rings is 1. The molecule has 0 bridgehead atoms. The molecule has 1 fully saturated rings. The number of aromatic nitrogens is 4. The number of carbonyl (C=O) groups is 1. The Bertz CT molecular complexity index is 890. The predicted octanol–water partition coefficient (Wildman–Crippen LogP) is 3.79. The molecular formula is C19H19N5OS. The van der Waals surface area contributed by atoms with Crippen LogP contribution in [0.1, 0.15) is 35.3 Å². The standard InChI is InChI=1S/C19H19N5OS/c1-13-7-9-15(10-8-13)20-18(25)17(14-5-3-2-4-6-14)26-19-21-22-23-24(19)16-11-12-16/h2-10,16-17H,11-12H2,1H3,(H,20,25). The van der Waals surface area contributed by atoms with Gasteiger partial charge in [-0.05, 0) is 47.9 Å². The minimum atomic E-state index is -0.430. The molecule has 1 saturated carbocycles. The van der Waals surface area contributed by atoms with E-state index in [4.69, 9.17) is 0 Å². The number of nitrogens with zero attached hydrogens (tertiary/aromatic N) is 4. The number of thioether (sulfide) groups is 1. The largest absolute Gasteiger partial charge is 0.325 e. The third-order valence-corrected chi connectivity index (χ3v) is 5.44. The highest BCUT2D eigenvalue weighted by atomic mass is 32.2. The summed E-state index contributed by atoms with van der Waals surface area (Å²) in [5, 5.41) is 15.3. The van der Waals surface area contributed by atoms with Crippen LogP contribution in [-0.4, -0.2) is 26.1 Å². The number of carbonyl (C=O) groups excluding carboxylic acids is 1. The van der Waals surface area contributed by atoms with Crippen LogP contribution in [0.3, 0.4) is 0 Å². The van der Waals surface area contributed by atoms with Gasteiger partial charge in [0.1, 0.15) is 5.25 Å². The maximum atomic E-state index is 13.0. The summed E-state index contributed by atoms with van der Waals surface area (Å²) in [6.07, 6.45) is 2.17. The molecule has 0 radical (unpaired) electrons. The van der Waals surface area contributed by atoms with Gasteiger partial charge in [-0.25, -0.2) is 4.68 Å². The maximum Gasteiger partial charge on any atom is 0.242 e. The van der Waals surface area contributed by atoms with E-state index in [2.05, 4.69) is 20.8 Å². The van der Waals surface area contributed by atoms with Crippen molar-refractivity contribution in [2.24, 2.45) is 0 Å². The van der Waals surface area contributed by atoms with E-state index in [0.29, 0.717) is 11.2 Å². The summed E-state index contributed by atoms with van der Waals surface area (Å²) >= 11 is 1.39. The molecule has 1 aliphatic rings. The average Bonchev–Trinajstić information content (AvgIpc) is 3.40. The van der Waals surface area contributed by atoms with Crippen LogP contribution in [0.2, 0.25) is 0 Å². The number of anilines is 1.